The molecule has 1 aromatic rings. The third kappa shape index (κ3) is 35.2. The first-order chi connectivity index (χ1) is 16.0. The van der Waals surface area contributed by atoms with Crippen LogP contribution in [0.1, 0.15) is 11.1 Å². The largest absolute Gasteiger partial charge is 0.384 e. The van der Waals surface area contributed by atoms with Crippen LogP contribution >= 0.6 is 0 Å². The van der Waals surface area contributed by atoms with Crippen LogP contribution in [0, 0.1) is 73.1 Å². The Hall–Kier alpha value is -3.58. The Kier molecular flexibility index (Phi) is 20.4. The van der Waals surface area contributed by atoms with E-state index in [0.717, 1.165) is 38.6 Å². The molecule has 0 aliphatic carbocycles. The molecular formula is C31H44N3O+3. The first-order valence-electron chi connectivity index (χ1n) is 10.9. The van der Waals surface area contributed by atoms with Crippen molar-refractivity contribution in [2.45, 2.75) is 6.54 Å². The molecule has 35 heavy (non-hydrogen) atoms. The average Bonchev–Trinajstić information content (AvgIpc) is 2.71. The van der Waals surface area contributed by atoms with Crippen LogP contribution in [0.25, 0.3) is 0 Å². The molecule has 1 rings (SSSR count). The molecule has 0 atom stereocenters. The van der Waals surface area contributed by atoms with Gasteiger partial charge in [0.15, 0.2) is 0 Å². The van der Waals surface area contributed by atoms with Gasteiger partial charge in [-0.15, -0.1) is 25.7 Å². The lowest BCUT2D eigenvalue weighted by Gasteiger charge is -2.23. The van der Waals surface area contributed by atoms with Crippen molar-refractivity contribution in [3.63, 3.8) is 0 Å². The zero-order valence-electron chi connectivity index (χ0n) is 23.2. The summed E-state index contributed by atoms with van der Waals surface area (Å²) in [5.41, 5.74) is 2.27. The Balaban J connectivity index is -0.000000411. The fraction of sp³-hybridized carbons (Fsp3) is 0.419. The van der Waals surface area contributed by atoms with E-state index in [1.165, 1.54) is 5.56 Å². The molecule has 1 N–H and O–H groups in total. The Labute approximate surface area is 216 Å². The minimum absolute atomic E-state index is 0.149. The lowest BCUT2D eigenvalue weighted by atomic mass is 10.1. The summed E-state index contributed by atoms with van der Waals surface area (Å²) in [6.45, 7) is 2.50. The molecule has 0 saturated heterocycles. The van der Waals surface area contributed by atoms with Gasteiger partial charge in [-0.3, -0.25) is 0 Å². The van der Waals surface area contributed by atoms with Gasteiger partial charge in [0, 0.05) is 11.1 Å². The molecule has 4 nitrogen and oxygen atoms in total. The second-order valence-corrected chi connectivity index (χ2v) is 10.4. The molecule has 1 aromatic carbocycles. The molecule has 186 valence electrons. The molecule has 0 heterocycles. The van der Waals surface area contributed by atoms with E-state index in [9.17, 15) is 0 Å². The number of hydrogen-bond acceptors (Lipinski definition) is 1. The van der Waals surface area contributed by atoms with Crippen molar-refractivity contribution >= 4 is 0 Å². The van der Waals surface area contributed by atoms with Gasteiger partial charge in [-0.1, -0.05) is 24.0 Å². The van der Waals surface area contributed by atoms with Crippen molar-refractivity contribution in [3.8, 4) is 73.1 Å². The molecule has 0 fully saturated rings. The second-order valence-electron chi connectivity index (χ2n) is 10.4. The number of terminal acetylenes is 4. The van der Waals surface area contributed by atoms with Gasteiger partial charge in [-0.25, -0.2) is 0 Å². The second kappa shape index (κ2) is 19.9. The maximum absolute atomic E-state index is 7.93. The molecule has 0 amide bonds. The number of nitrogens with zero attached hydrogens (tertiary/aromatic N) is 3. The number of hydrogen-bond donors (Lipinski definition) is 1. The van der Waals surface area contributed by atoms with E-state index in [1.807, 2.05) is 18.1 Å². The summed E-state index contributed by atoms with van der Waals surface area (Å²) in [6, 6.07) is 8.17. The van der Waals surface area contributed by atoms with Crippen LogP contribution in [0.15, 0.2) is 24.3 Å². The summed E-state index contributed by atoms with van der Waals surface area (Å²) in [5, 5.41) is 7.93. The summed E-state index contributed by atoms with van der Waals surface area (Å²) in [5.74, 6) is 19.4. The maximum atomic E-state index is 7.93. The quantitative estimate of drug-likeness (QED) is 0.524. The van der Waals surface area contributed by atoms with Crippen LogP contribution in [0.5, 0.6) is 0 Å². The van der Waals surface area contributed by atoms with Gasteiger partial charge in [0.1, 0.15) is 26.2 Å². The van der Waals surface area contributed by atoms with Crippen molar-refractivity contribution in [1.82, 2.24) is 0 Å². The van der Waals surface area contributed by atoms with E-state index in [2.05, 4.69) is 123 Å². The molecule has 0 aromatic heterocycles. The summed E-state index contributed by atoms with van der Waals surface area (Å²) in [6.07, 6.45) is 19.9. The molecule has 0 saturated carbocycles. The number of quaternary nitrogens is 3. The summed E-state index contributed by atoms with van der Waals surface area (Å²) in [7, 11) is 19.0. The zero-order valence-corrected chi connectivity index (χ0v) is 23.2. The van der Waals surface area contributed by atoms with Gasteiger partial charge in [0.2, 0.25) is 0 Å². The Morgan fingerprint density at radius 1 is 0.657 bits per heavy atom. The number of benzene rings is 1. The Morgan fingerprint density at radius 3 is 1.37 bits per heavy atom. The van der Waals surface area contributed by atoms with Gasteiger partial charge >= 0.3 is 0 Å². The lowest BCUT2D eigenvalue weighted by molar-refractivity contribution is -0.884. The predicted octanol–water partition coefficient (Wildman–Crippen LogP) is 2.14. The minimum atomic E-state index is -0.149. The third-order valence-electron chi connectivity index (χ3n) is 3.30. The smallest absolute Gasteiger partial charge is 0.141 e. The van der Waals surface area contributed by atoms with Crippen LogP contribution in [-0.2, 0) is 6.54 Å². The van der Waals surface area contributed by atoms with E-state index >= 15 is 0 Å². The molecule has 0 spiro atoms. The van der Waals surface area contributed by atoms with Crippen molar-refractivity contribution < 1.29 is 18.6 Å². The monoisotopic (exact) mass is 474 g/mol. The summed E-state index contributed by atoms with van der Waals surface area (Å²) < 4.78 is 2.64. The van der Waals surface area contributed by atoms with E-state index < -0.39 is 0 Å². The van der Waals surface area contributed by atoms with Crippen molar-refractivity contribution in [1.29, 1.82) is 0 Å². The van der Waals surface area contributed by atoms with Crippen molar-refractivity contribution in [3.05, 3.63) is 35.4 Å². The topological polar surface area (TPSA) is 20.2 Å². The van der Waals surface area contributed by atoms with Gasteiger partial charge in [0.05, 0.1) is 63.4 Å². The highest BCUT2D eigenvalue weighted by Gasteiger charge is 2.07. The molecule has 0 aliphatic heterocycles. The number of aliphatic hydroxyl groups is 1. The normalized spacial score (nSPS) is 9.31. The van der Waals surface area contributed by atoms with Gasteiger partial charge in [-0.05, 0) is 47.7 Å². The molecule has 4 heteroatoms. The van der Waals surface area contributed by atoms with E-state index in [4.69, 9.17) is 24.4 Å². The highest BCUT2D eigenvalue weighted by atomic mass is 16.2. The van der Waals surface area contributed by atoms with E-state index in [0.29, 0.717) is 0 Å². The molecule has 0 bridgehead atoms. The molecule has 0 unspecified atom stereocenters. The van der Waals surface area contributed by atoms with Crippen LogP contribution in [0.4, 0.5) is 0 Å². The predicted molar refractivity (Wildman–Crippen MR) is 151 cm³/mol. The first-order valence-corrected chi connectivity index (χ1v) is 10.9. The van der Waals surface area contributed by atoms with E-state index in [-0.39, 0.29) is 6.61 Å². The first kappa shape index (κ1) is 36.0. The van der Waals surface area contributed by atoms with Crippen LogP contribution in [0.3, 0.4) is 0 Å². The zero-order chi connectivity index (χ0) is 28.0. The SMILES string of the molecule is C#CC#CCO.C#CC#CC[N+](C)(C)C.C#CC[N+](C)(C)C.C#Cc1ccc(C[N+](C)(C)C)cc1. The lowest BCUT2D eigenvalue weighted by Crippen LogP contribution is -2.34. The van der Waals surface area contributed by atoms with Gasteiger partial charge < -0.3 is 18.6 Å². The number of aliphatic hydroxyl groups excluding tert-OH is 1. The van der Waals surface area contributed by atoms with Crippen molar-refractivity contribution in [2.75, 3.05) is 83.1 Å². The highest BCUT2D eigenvalue weighted by Crippen LogP contribution is 2.08. The standard InChI is InChI=1S/C12H16N.C8H12N.C6H12N.C5H4O/c1-5-11-6-8-12(9-7-11)10-13(2,3)4;1-5-6-7-8-9(2,3)4;1-5-6-7(2,3)4;1-2-3-4-5-6/h1,6-9H,10H2,2-4H3;1H,8H2,2-4H3;1H,6H2,2-4H3;1,6H,5H2/q3*+1;. The Bertz CT molecular complexity index is 994. The molecule has 0 radical (unpaired) electrons. The molecular weight excluding hydrogens is 430 g/mol. The third-order valence-corrected chi connectivity index (χ3v) is 3.30. The maximum Gasteiger partial charge on any atom is 0.141 e. The fourth-order valence-electron chi connectivity index (χ4n) is 1.95. The highest BCUT2D eigenvalue weighted by molar-refractivity contribution is 5.33. The minimum Gasteiger partial charge on any atom is -0.384 e. The van der Waals surface area contributed by atoms with Gasteiger partial charge in [0.25, 0.3) is 0 Å². The van der Waals surface area contributed by atoms with Gasteiger partial charge in [-0.2, -0.15) is 0 Å². The number of rotatable bonds is 4. The van der Waals surface area contributed by atoms with Crippen molar-refractivity contribution in [2.24, 2.45) is 0 Å². The summed E-state index contributed by atoms with van der Waals surface area (Å²) >= 11 is 0. The molecule has 0 aliphatic rings. The average molecular weight is 475 g/mol. The fourth-order valence-corrected chi connectivity index (χ4v) is 1.95. The van der Waals surface area contributed by atoms with E-state index in [1.54, 1.807) is 0 Å². The van der Waals surface area contributed by atoms with Crippen LogP contribution in [-0.4, -0.2) is 102 Å². The summed E-state index contributed by atoms with van der Waals surface area (Å²) in [4.78, 5) is 0. The van der Waals surface area contributed by atoms with Crippen LogP contribution in [0.2, 0.25) is 0 Å². The van der Waals surface area contributed by atoms with Crippen LogP contribution < -0.4 is 0 Å². The Morgan fingerprint density at radius 2 is 1.11 bits per heavy atom.